The molecule has 1 N–H and O–H groups in total. The van der Waals surface area contributed by atoms with Crippen molar-refractivity contribution in [1.82, 2.24) is 25.2 Å². The van der Waals surface area contributed by atoms with Gasteiger partial charge >= 0.3 is 0 Å². The number of nitrogens with zero attached hydrogens (tertiary/aromatic N) is 5. The molecular formula is C14H22N6O. The Bertz CT molecular complexity index is 514. The van der Waals surface area contributed by atoms with E-state index in [1.807, 2.05) is 13.8 Å². The van der Waals surface area contributed by atoms with Crippen LogP contribution in [-0.4, -0.2) is 52.0 Å². The summed E-state index contributed by atoms with van der Waals surface area (Å²) in [5.41, 5.74) is 0.362. The van der Waals surface area contributed by atoms with E-state index < -0.39 is 0 Å². The van der Waals surface area contributed by atoms with Crippen LogP contribution in [-0.2, 0) is 0 Å². The molecule has 0 bridgehead atoms. The molecule has 1 unspecified atom stereocenters. The van der Waals surface area contributed by atoms with Gasteiger partial charge in [-0.3, -0.25) is 4.79 Å². The number of nitrogens with one attached hydrogen (secondary N) is 1. The fraction of sp³-hybridized carbons (Fsp3) is 0.714. The fourth-order valence-corrected chi connectivity index (χ4v) is 2.51. The maximum Gasteiger partial charge on any atom is 0.276 e. The highest BCUT2D eigenvalue weighted by Crippen LogP contribution is 2.17. The number of carbonyl (C=O) groups is 1. The number of piperidine rings is 1. The van der Waals surface area contributed by atoms with Crippen LogP contribution < -0.4 is 5.32 Å². The minimum atomic E-state index is -0.187. The lowest BCUT2D eigenvalue weighted by Gasteiger charge is -2.22. The first-order valence-electron chi connectivity index (χ1n) is 7.47. The molecule has 1 aromatic rings. The molecule has 21 heavy (non-hydrogen) atoms. The van der Waals surface area contributed by atoms with Crippen LogP contribution in [0.4, 0.5) is 0 Å². The van der Waals surface area contributed by atoms with Gasteiger partial charge in [-0.1, -0.05) is 5.21 Å². The van der Waals surface area contributed by atoms with Crippen LogP contribution in [0.2, 0.25) is 0 Å². The summed E-state index contributed by atoms with van der Waals surface area (Å²) < 4.78 is 1.80. The molecule has 0 aliphatic carbocycles. The van der Waals surface area contributed by atoms with Gasteiger partial charge in [0.05, 0.1) is 24.2 Å². The van der Waals surface area contributed by atoms with Crippen molar-refractivity contribution in [2.75, 3.05) is 26.2 Å². The predicted molar refractivity (Wildman–Crippen MR) is 77.5 cm³/mol. The first kappa shape index (κ1) is 15.4. The predicted octanol–water partition coefficient (Wildman–Crippen LogP) is 0.824. The Morgan fingerprint density at radius 3 is 2.95 bits per heavy atom. The molecular weight excluding hydrogens is 268 g/mol. The molecule has 1 aliphatic heterocycles. The molecule has 0 aromatic carbocycles. The van der Waals surface area contributed by atoms with Gasteiger partial charge in [0, 0.05) is 13.1 Å². The zero-order valence-electron chi connectivity index (χ0n) is 12.6. The van der Waals surface area contributed by atoms with E-state index in [0.717, 1.165) is 25.9 Å². The van der Waals surface area contributed by atoms with Crippen molar-refractivity contribution >= 4 is 5.91 Å². The van der Waals surface area contributed by atoms with E-state index >= 15 is 0 Å². The molecule has 1 amide bonds. The quantitative estimate of drug-likeness (QED) is 0.867. The van der Waals surface area contributed by atoms with Crippen molar-refractivity contribution in [3.63, 3.8) is 0 Å². The maximum absolute atomic E-state index is 12.4. The maximum atomic E-state index is 12.4. The van der Waals surface area contributed by atoms with Gasteiger partial charge in [0.15, 0.2) is 5.69 Å². The average Bonchev–Trinajstić information content (AvgIpc) is 3.02. The van der Waals surface area contributed by atoms with Gasteiger partial charge < -0.3 is 10.2 Å². The number of hydrogen-bond acceptors (Lipinski definition) is 5. The average molecular weight is 290 g/mol. The Kier molecular flexibility index (Phi) is 5.28. The molecule has 1 aliphatic rings. The Labute approximate surface area is 124 Å². The summed E-state index contributed by atoms with van der Waals surface area (Å²) in [6.07, 6.45) is 3.73. The lowest BCUT2D eigenvalue weighted by molar-refractivity contribution is 0.0746. The van der Waals surface area contributed by atoms with E-state index in [-0.39, 0.29) is 11.8 Å². The van der Waals surface area contributed by atoms with Crippen LogP contribution in [0.5, 0.6) is 0 Å². The first-order chi connectivity index (χ1) is 10.2. The fourth-order valence-electron chi connectivity index (χ4n) is 2.51. The summed E-state index contributed by atoms with van der Waals surface area (Å²) in [6, 6.07) is 2.46. The van der Waals surface area contributed by atoms with Crippen molar-refractivity contribution in [3.8, 4) is 6.07 Å². The highest BCUT2D eigenvalue weighted by Gasteiger charge is 2.22. The smallest absolute Gasteiger partial charge is 0.276 e. The zero-order valence-corrected chi connectivity index (χ0v) is 12.6. The Balaban J connectivity index is 2.05. The summed E-state index contributed by atoms with van der Waals surface area (Å²) in [7, 11) is 0. The Hall–Kier alpha value is -1.94. The Morgan fingerprint density at radius 2 is 2.33 bits per heavy atom. The molecule has 1 fully saturated rings. The van der Waals surface area contributed by atoms with Crippen molar-refractivity contribution in [2.24, 2.45) is 5.92 Å². The third-order valence-corrected chi connectivity index (χ3v) is 3.80. The second-order valence-corrected chi connectivity index (χ2v) is 5.44. The van der Waals surface area contributed by atoms with E-state index in [9.17, 15) is 4.79 Å². The van der Waals surface area contributed by atoms with Crippen LogP contribution in [0, 0.1) is 17.2 Å². The SMILES string of the molecule is CCN(CC(C)C#N)C(=O)c1cn(C2CCNCC2)nn1. The molecule has 0 spiro atoms. The van der Waals surface area contributed by atoms with E-state index in [2.05, 4.69) is 21.7 Å². The molecule has 1 atom stereocenters. The van der Waals surface area contributed by atoms with Crippen molar-refractivity contribution in [2.45, 2.75) is 32.7 Å². The van der Waals surface area contributed by atoms with E-state index in [1.54, 1.807) is 15.8 Å². The molecule has 7 nitrogen and oxygen atoms in total. The number of nitriles is 1. The normalized spacial score (nSPS) is 17.2. The number of aromatic nitrogens is 3. The summed E-state index contributed by atoms with van der Waals surface area (Å²) >= 11 is 0. The van der Waals surface area contributed by atoms with E-state index in [1.165, 1.54) is 0 Å². The van der Waals surface area contributed by atoms with Gasteiger partial charge in [-0.05, 0) is 39.8 Å². The Morgan fingerprint density at radius 1 is 1.62 bits per heavy atom. The minimum Gasteiger partial charge on any atom is -0.336 e. The van der Waals surface area contributed by atoms with Crippen molar-refractivity contribution < 1.29 is 4.79 Å². The van der Waals surface area contributed by atoms with Crippen LogP contribution >= 0.6 is 0 Å². The van der Waals surface area contributed by atoms with Gasteiger partial charge in [-0.25, -0.2) is 4.68 Å². The third kappa shape index (κ3) is 3.79. The molecule has 1 aromatic heterocycles. The van der Waals surface area contributed by atoms with E-state index in [0.29, 0.717) is 24.8 Å². The second-order valence-electron chi connectivity index (χ2n) is 5.44. The molecule has 1 saturated heterocycles. The first-order valence-corrected chi connectivity index (χ1v) is 7.47. The van der Waals surface area contributed by atoms with Gasteiger partial charge in [-0.2, -0.15) is 5.26 Å². The van der Waals surface area contributed by atoms with Gasteiger partial charge in [-0.15, -0.1) is 5.10 Å². The summed E-state index contributed by atoms with van der Waals surface area (Å²) in [5, 5.41) is 20.3. The third-order valence-electron chi connectivity index (χ3n) is 3.80. The van der Waals surface area contributed by atoms with Crippen molar-refractivity contribution in [3.05, 3.63) is 11.9 Å². The number of amides is 1. The molecule has 114 valence electrons. The zero-order chi connectivity index (χ0) is 15.2. The van der Waals surface area contributed by atoms with Crippen LogP contribution in [0.15, 0.2) is 6.20 Å². The van der Waals surface area contributed by atoms with Gasteiger partial charge in [0.25, 0.3) is 5.91 Å². The summed E-state index contributed by atoms with van der Waals surface area (Å²) in [4.78, 5) is 14.1. The standard InChI is InChI=1S/C14H22N6O/c1-3-19(9-11(2)8-15)14(21)13-10-20(18-17-13)12-4-6-16-7-5-12/h10-12,16H,3-7,9H2,1-2H3. The highest BCUT2D eigenvalue weighted by atomic mass is 16.2. The molecule has 2 heterocycles. The van der Waals surface area contributed by atoms with Crippen molar-refractivity contribution in [1.29, 1.82) is 5.26 Å². The van der Waals surface area contributed by atoms with Crippen LogP contribution in [0.1, 0.15) is 43.2 Å². The largest absolute Gasteiger partial charge is 0.336 e. The number of rotatable bonds is 5. The number of hydrogen-bond donors (Lipinski definition) is 1. The summed E-state index contributed by atoms with van der Waals surface area (Å²) in [6.45, 7) is 6.63. The topological polar surface area (TPSA) is 86.8 Å². The molecule has 0 radical (unpaired) electrons. The van der Waals surface area contributed by atoms with Crippen LogP contribution in [0.25, 0.3) is 0 Å². The second kappa shape index (κ2) is 7.18. The molecule has 0 saturated carbocycles. The highest BCUT2D eigenvalue weighted by molar-refractivity contribution is 5.91. The number of carbonyl (C=O) groups excluding carboxylic acids is 1. The monoisotopic (exact) mass is 290 g/mol. The van der Waals surface area contributed by atoms with Gasteiger partial charge in [0.1, 0.15) is 0 Å². The van der Waals surface area contributed by atoms with Gasteiger partial charge in [0.2, 0.25) is 0 Å². The van der Waals surface area contributed by atoms with Crippen LogP contribution in [0.3, 0.4) is 0 Å². The lowest BCUT2D eigenvalue weighted by Crippen LogP contribution is -2.34. The summed E-state index contributed by atoms with van der Waals surface area (Å²) in [5.74, 6) is -0.340. The minimum absolute atomic E-state index is 0.153. The molecule has 2 rings (SSSR count). The van der Waals surface area contributed by atoms with E-state index in [4.69, 9.17) is 5.26 Å². The molecule has 7 heteroatoms. The lowest BCUT2D eigenvalue weighted by atomic mass is 10.1.